The van der Waals surface area contributed by atoms with Crippen LogP contribution in [-0.2, 0) is 17.6 Å². The molecule has 0 spiro atoms. The van der Waals surface area contributed by atoms with Crippen LogP contribution < -0.4 is 0 Å². The van der Waals surface area contributed by atoms with E-state index in [9.17, 15) is 29.7 Å². The zero-order valence-electron chi connectivity index (χ0n) is 15.1. The highest BCUT2D eigenvalue weighted by Gasteiger charge is 2.44. The van der Waals surface area contributed by atoms with Gasteiger partial charge in [0.05, 0.1) is 11.1 Å². The Hall–Kier alpha value is -3.03. The molecule has 2 aliphatic carbocycles. The van der Waals surface area contributed by atoms with Crippen molar-refractivity contribution >= 4 is 17.3 Å². The van der Waals surface area contributed by atoms with E-state index in [0.717, 1.165) is 0 Å². The Morgan fingerprint density at radius 2 is 1.68 bits per heavy atom. The van der Waals surface area contributed by atoms with Crippen molar-refractivity contribution in [2.45, 2.75) is 31.8 Å². The first kappa shape index (κ1) is 18.3. The summed E-state index contributed by atoms with van der Waals surface area (Å²) in [5, 5.41) is 41.3. The lowest BCUT2D eigenvalue weighted by molar-refractivity contribution is -0.141. The molecule has 0 aromatic heterocycles. The van der Waals surface area contributed by atoms with Gasteiger partial charge >= 0.3 is 0 Å². The van der Waals surface area contributed by atoms with E-state index < -0.39 is 41.1 Å². The van der Waals surface area contributed by atoms with Gasteiger partial charge in [0.25, 0.3) is 0 Å². The maximum absolute atomic E-state index is 13.1. The molecule has 0 heterocycles. The topological polar surface area (TPSA) is 132 Å². The van der Waals surface area contributed by atoms with Crippen LogP contribution in [0, 0.1) is 6.92 Å². The number of hydrogen-bond donors (Lipinski definition) is 4. The molecule has 0 amide bonds. The van der Waals surface area contributed by atoms with Crippen LogP contribution in [0.2, 0.25) is 0 Å². The molecule has 28 heavy (non-hydrogen) atoms. The van der Waals surface area contributed by atoms with Crippen LogP contribution >= 0.6 is 0 Å². The van der Waals surface area contributed by atoms with Gasteiger partial charge in [-0.3, -0.25) is 14.4 Å². The lowest BCUT2D eigenvalue weighted by atomic mass is 9.73. The molecule has 7 heteroatoms. The predicted octanol–water partition coefficient (Wildman–Crippen LogP) is 0.963. The Balaban J connectivity index is 1.97. The molecule has 4 rings (SSSR count). The third-order valence-corrected chi connectivity index (χ3v) is 5.78. The molecule has 2 aliphatic rings. The summed E-state index contributed by atoms with van der Waals surface area (Å²) in [7, 11) is 0. The van der Waals surface area contributed by atoms with Crippen molar-refractivity contribution in [2.75, 3.05) is 6.61 Å². The van der Waals surface area contributed by atoms with Gasteiger partial charge in [-0.05, 0) is 25.3 Å². The van der Waals surface area contributed by atoms with Crippen LogP contribution in [0.25, 0.3) is 0 Å². The number of aryl methyl sites for hydroxylation is 1. The third-order valence-electron chi connectivity index (χ3n) is 5.78. The first-order valence-electron chi connectivity index (χ1n) is 8.86. The highest BCUT2D eigenvalue weighted by Crippen LogP contribution is 2.47. The van der Waals surface area contributed by atoms with E-state index in [2.05, 4.69) is 0 Å². The van der Waals surface area contributed by atoms with E-state index in [0.29, 0.717) is 5.56 Å². The third kappa shape index (κ3) is 2.26. The number of aromatic hydroxyl groups is 2. The number of carbonyl (C=O) groups excluding carboxylic acids is 3. The number of carbonyl (C=O) groups is 3. The lowest BCUT2D eigenvalue weighted by Crippen LogP contribution is -2.45. The minimum atomic E-state index is -1.91. The Bertz CT molecular complexity index is 1080. The molecular formula is C21H18O7. The van der Waals surface area contributed by atoms with Crippen LogP contribution in [0.1, 0.15) is 55.0 Å². The van der Waals surface area contributed by atoms with E-state index in [1.807, 2.05) is 0 Å². The van der Waals surface area contributed by atoms with Gasteiger partial charge in [-0.25, -0.2) is 0 Å². The number of benzene rings is 2. The number of phenols is 2. The van der Waals surface area contributed by atoms with Crippen LogP contribution in [0.3, 0.4) is 0 Å². The fourth-order valence-electron chi connectivity index (χ4n) is 4.24. The number of rotatable bonds is 2. The second kappa shape index (κ2) is 5.98. The van der Waals surface area contributed by atoms with Gasteiger partial charge < -0.3 is 20.4 Å². The Kier molecular flexibility index (Phi) is 3.92. The second-order valence-electron chi connectivity index (χ2n) is 7.35. The van der Waals surface area contributed by atoms with Crippen molar-refractivity contribution in [3.63, 3.8) is 0 Å². The number of fused-ring (bicyclic) bond motifs is 3. The van der Waals surface area contributed by atoms with Gasteiger partial charge in [-0.2, -0.15) is 0 Å². The minimum absolute atomic E-state index is 0.00630. The average Bonchev–Trinajstić information content (AvgIpc) is 2.67. The predicted molar refractivity (Wildman–Crippen MR) is 96.9 cm³/mol. The van der Waals surface area contributed by atoms with E-state index in [1.165, 1.54) is 6.07 Å². The van der Waals surface area contributed by atoms with Crippen LogP contribution in [0.4, 0.5) is 0 Å². The largest absolute Gasteiger partial charge is 0.507 e. The summed E-state index contributed by atoms with van der Waals surface area (Å²) < 4.78 is 0. The van der Waals surface area contributed by atoms with Crippen LogP contribution in [0.15, 0.2) is 18.2 Å². The highest BCUT2D eigenvalue weighted by molar-refractivity contribution is 6.31. The molecule has 2 aromatic rings. The highest BCUT2D eigenvalue weighted by atomic mass is 16.3. The monoisotopic (exact) mass is 382 g/mol. The molecule has 0 radical (unpaired) electrons. The molecule has 7 nitrogen and oxygen atoms in total. The number of Topliss-reactive ketones (excluding diaryl/α,β-unsaturated/α-hetero) is 1. The van der Waals surface area contributed by atoms with E-state index >= 15 is 0 Å². The molecule has 144 valence electrons. The molecule has 0 fully saturated rings. The molecule has 0 aliphatic heterocycles. The Morgan fingerprint density at radius 3 is 2.36 bits per heavy atom. The van der Waals surface area contributed by atoms with Gasteiger partial charge in [-0.1, -0.05) is 18.2 Å². The number of ketones is 3. The van der Waals surface area contributed by atoms with Gasteiger partial charge in [0.2, 0.25) is 0 Å². The van der Waals surface area contributed by atoms with Crippen molar-refractivity contribution in [2.24, 2.45) is 0 Å². The maximum atomic E-state index is 13.1. The zero-order valence-corrected chi connectivity index (χ0v) is 15.1. The van der Waals surface area contributed by atoms with Crippen molar-refractivity contribution in [3.8, 4) is 11.5 Å². The summed E-state index contributed by atoms with van der Waals surface area (Å²) in [4.78, 5) is 38.0. The van der Waals surface area contributed by atoms with Gasteiger partial charge in [0.1, 0.15) is 23.7 Å². The van der Waals surface area contributed by atoms with Crippen molar-refractivity contribution < 1.29 is 34.8 Å². The van der Waals surface area contributed by atoms with Crippen molar-refractivity contribution in [1.29, 1.82) is 0 Å². The standard InChI is InChI=1S/C21H18O7/c1-9-3-2-4-11-14(9)20(27)16-15(18(11)25)19(26)12-7-21(28,13(23)8-22)6-5-10(12)17(16)24/h2-4,22,24,26,28H,5-8H2,1H3. The number of aliphatic hydroxyl groups excluding tert-OH is 1. The SMILES string of the molecule is Cc1cccc2c1C(=O)c1c(O)c3c(c(O)c1C2=O)CC(O)(C(=O)CO)CC3. The smallest absolute Gasteiger partial charge is 0.198 e. The van der Waals surface area contributed by atoms with Gasteiger partial charge in [0.15, 0.2) is 17.3 Å². The Morgan fingerprint density at radius 1 is 1.04 bits per heavy atom. The van der Waals surface area contributed by atoms with Crippen molar-refractivity contribution in [1.82, 2.24) is 0 Å². The Labute approximate surface area is 159 Å². The van der Waals surface area contributed by atoms with Gasteiger partial charge in [-0.15, -0.1) is 0 Å². The fourth-order valence-corrected chi connectivity index (χ4v) is 4.24. The first-order valence-corrected chi connectivity index (χ1v) is 8.86. The molecule has 0 bridgehead atoms. The van der Waals surface area contributed by atoms with Crippen molar-refractivity contribution in [3.05, 3.63) is 57.1 Å². The van der Waals surface area contributed by atoms with Crippen LogP contribution in [-0.4, -0.2) is 50.0 Å². The number of hydrogen-bond acceptors (Lipinski definition) is 7. The quantitative estimate of drug-likeness (QED) is 0.485. The first-order chi connectivity index (χ1) is 13.2. The van der Waals surface area contributed by atoms with E-state index in [1.54, 1.807) is 19.1 Å². The maximum Gasteiger partial charge on any atom is 0.198 e. The summed E-state index contributed by atoms with van der Waals surface area (Å²) in [6, 6.07) is 4.79. The average molecular weight is 382 g/mol. The molecule has 0 saturated carbocycles. The number of phenolic OH excluding ortho intramolecular Hbond substituents is 2. The number of aliphatic hydroxyl groups is 2. The molecule has 4 N–H and O–H groups in total. The van der Waals surface area contributed by atoms with Gasteiger partial charge in [0, 0.05) is 28.7 Å². The van der Waals surface area contributed by atoms with E-state index in [4.69, 9.17) is 5.11 Å². The fraction of sp³-hybridized carbons (Fsp3) is 0.286. The lowest BCUT2D eigenvalue weighted by Gasteiger charge is -2.34. The summed E-state index contributed by atoms with van der Waals surface area (Å²) in [5.41, 5.74) is -1.30. The summed E-state index contributed by atoms with van der Waals surface area (Å²) in [6.45, 7) is 0.818. The summed E-state index contributed by atoms with van der Waals surface area (Å²) in [6.07, 6.45) is -0.439. The van der Waals surface area contributed by atoms with E-state index in [-0.39, 0.29) is 52.6 Å². The summed E-state index contributed by atoms with van der Waals surface area (Å²) >= 11 is 0. The zero-order chi connectivity index (χ0) is 20.4. The molecule has 1 unspecified atom stereocenters. The molecule has 1 atom stereocenters. The molecule has 0 saturated heterocycles. The van der Waals surface area contributed by atoms with Crippen LogP contribution in [0.5, 0.6) is 11.5 Å². The summed E-state index contributed by atoms with van der Waals surface area (Å²) in [5.74, 6) is -2.89. The molecule has 2 aromatic carbocycles. The minimum Gasteiger partial charge on any atom is -0.507 e. The normalized spacial score (nSPS) is 20.4. The molecular weight excluding hydrogens is 364 g/mol. The second-order valence-corrected chi connectivity index (χ2v) is 7.35.